The van der Waals surface area contributed by atoms with Gasteiger partial charge in [0.25, 0.3) is 0 Å². The van der Waals surface area contributed by atoms with Gasteiger partial charge in [0.05, 0.1) is 12.2 Å². The summed E-state index contributed by atoms with van der Waals surface area (Å²) in [5, 5.41) is 21.6. The van der Waals surface area contributed by atoms with Crippen LogP contribution < -0.4 is 5.32 Å². The monoisotopic (exact) mass is 229 g/mol. The Labute approximate surface area is 97.4 Å². The molecule has 4 nitrogen and oxygen atoms in total. The van der Waals surface area contributed by atoms with Crippen LogP contribution in [0.5, 0.6) is 0 Å². The molecule has 0 aromatic rings. The molecule has 0 aromatic carbocycles. The highest BCUT2D eigenvalue weighted by Crippen LogP contribution is 2.03. The van der Waals surface area contributed by atoms with Gasteiger partial charge in [0.15, 0.2) is 0 Å². The predicted molar refractivity (Wildman–Crippen MR) is 63.9 cm³/mol. The predicted octanol–water partition coefficient (Wildman–Crippen LogP) is 0.837. The van der Waals surface area contributed by atoms with E-state index in [1.54, 1.807) is 0 Å². The second kappa shape index (κ2) is 8.30. The maximum absolute atomic E-state index is 11.2. The minimum absolute atomic E-state index is 0.239. The van der Waals surface area contributed by atoms with Gasteiger partial charge in [-0.25, -0.2) is 0 Å². The molecule has 16 heavy (non-hydrogen) atoms. The van der Waals surface area contributed by atoms with Crippen molar-refractivity contribution in [1.29, 1.82) is 0 Å². The maximum atomic E-state index is 11.2. The van der Waals surface area contributed by atoms with Gasteiger partial charge >= 0.3 is 0 Å². The number of aliphatic hydroxyl groups is 2. The molecule has 4 heteroatoms. The molecule has 0 aliphatic rings. The Morgan fingerprint density at radius 3 is 2.50 bits per heavy atom. The molecule has 0 saturated carbocycles. The summed E-state index contributed by atoms with van der Waals surface area (Å²) < 4.78 is 0. The standard InChI is InChI=1S/C12H23NO3/c1-4-5-10(14)11(15)6-7-12(16)13-8-9(2)3/h6-7,9-11,14-15H,4-5,8H2,1-3H3,(H,13,16). The first-order valence-corrected chi connectivity index (χ1v) is 5.79. The second-order valence-corrected chi connectivity index (χ2v) is 4.34. The lowest BCUT2D eigenvalue weighted by molar-refractivity contribution is -0.116. The van der Waals surface area contributed by atoms with Gasteiger partial charge in [-0.05, 0) is 18.4 Å². The fourth-order valence-corrected chi connectivity index (χ4v) is 1.14. The average Bonchev–Trinajstić information content (AvgIpc) is 2.23. The fraction of sp³-hybridized carbons (Fsp3) is 0.750. The van der Waals surface area contributed by atoms with E-state index in [0.717, 1.165) is 6.42 Å². The fourth-order valence-electron chi connectivity index (χ4n) is 1.14. The summed E-state index contributed by atoms with van der Waals surface area (Å²) in [6, 6.07) is 0. The van der Waals surface area contributed by atoms with E-state index in [2.05, 4.69) is 5.32 Å². The van der Waals surface area contributed by atoms with E-state index in [1.165, 1.54) is 12.2 Å². The summed E-state index contributed by atoms with van der Waals surface area (Å²) in [6.07, 6.45) is 2.16. The van der Waals surface area contributed by atoms with Gasteiger partial charge in [0.1, 0.15) is 0 Å². The molecule has 0 spiro atoms. The molecule has 2 unspecified atom stereocenters. The molecule has 0 saturated heterocycles. The molecule has 3 N–H and O–H groups in total. The van der Waals surface area contributed by atoms with Crippen LogP contribution in [0.1, 0.15) is 33.6 Å². The van der Waals surface area contributed by atoms with Crippen LogP contribution in [0.15, 0.2) is 12.2 Å². The third-order valence-corrected chi connectivity index (χ3v) is 2.11. The molecular weight excluding hydrogens is 206 g/mol. The minimum atomic E-state index is -0.968. The number of amides is 1. The summed E-state index contributed by atoms with van der Waals surface area (Å²) >= 11 is 0. The Bertz CT molecular complexity index is 226. The van der Waals surface area contributed by atoms with Crippen LogP contribution in [-0.4, -0.2) is 34.9 Å². The van der Waals surface area contributed by atoms with E-state index in [-0.39, 0.29) is 5.91 Å². The van der Waals surface area contributed by atoms with Gasteiger partial charge < -0.3 is 15.5 Å². The lowest BCUT2D eigenvalue weighted by Gasteiger charge is -2.13. The maximum Gasteiger partial charge on any atom is 0.243 e. The minimum Gasteiger partial charge on any atom is -0.390 e. The number of nitrogens with one attached hydrogen (secondary N) is 1. The normalized spacial score (nSPS) is 15.4. The van der Waals surface area contributed by atoms with E-state index in [4.69, 9.17) is 0 Å². The highest BCUT2D eigenvalue weighted by Gasteiger charge is 2.11. The van der Waals surface area contributed by atoms with Crippen molar-refractivity contribution in [3.63, 3.8) is 0 Å². The first-order valence-electron chi connectivity index (χ1n) is 5.79. The van der Waals surface area contributed by atoms with E-state index in [9.17, 15) is 15.0 Å². The summed E-state index contributed by atoms with van der Waals surface area (Å²) in [7, 11) is 0. The van der Waals surface area contributed by atoms with Crippen molar-refractivity contribution in [3.05, 3.63) is 12.2 Å². The summed E-state index contributed by atoms with van der Waals surface area (Å²) in [6.45, 7) is 6.54. The average molecular weight is 229 g/mol. The first-order chi connectivity index (χ1) is 7.47. The highest BCUT2D eigenvalue weighted by molar-refractivity contribution is 5.87. The zero-order valence-electron chi connectivity index (χ0n) is 10.3. The van der Waals surface area contributed by atoms with Gasteiger partial charge in [-0.2, -0.15) is 0 Å². The summed E-state index contributed by atoms with van der Waals surface area (Å²) in [5.41, 5.74) is 0. The Morgan fingerprint density at radius 2 is 2.00 bits per heavy atom. The van der Waals surface area contributed by atoms with E-state index in [0.29, 0.717) is 18.9 Å². The lowest BCUT2D eigenvalue weighted by Crippen LogP contribution is -2.27. The van der Waals surface area contributed by atoms with Crippen molar-refractivity contribution >= 4 is 5.91 Å². The lowest BCUT2D eigenvalue weighted by atomic mass is 10.1. The van der Waals surface area contributed by atoms with Gasteiger partial charge in [0.2, 0.25) is 5.91 Å². The molecule has 0 fully saturated rings. The number of carbonyl (C=O) groups is 1. The van der Waals surface area contributed by atoms with Crippen molar-refractivity contribution < 1.29 is 15.0 Å². The van der Waals surface area contributed by atoms with E-state index in [1.807, 2.05) is 20.8 Å². The zero-order valence-corrected chi connectivity index (χ0v) is 10.3. The molecule has 0 bridgehead atoms. The van der Waals surface area contributed by atoms with Crippen LogP contribution in [0.25, 0.3) is 0 Å². The second-order valence-electron chi connectivity index (χ2n) is 4.34. The molecule has 1 amide bonds. The number of carbonyl (C=O) groups excluding carboxylic acids is 1. The van der Waals surface area contributed by atoms with Crippen molar-refractivity contribution in [2.45, 2.75) is 45.8 Å². The molecule has 94 valence electrons. The van der Waals surface area contributed by atoms with Gasteiger partial charge in [-0.15, -0.1) is 0 Å². The summed E-state index contributed by atoms with van der Waals surface area (Å²) in [4.78, 5) is 11.2. The Balaban J connectivity index is 3.92. The first kappa shape index (κ1) is 15.1. The molecule has 0 aliphatic carbocycles. The zero-order chi connectivity index (χ0) is 12.6. The molecule has 2 atom stereocenters. The number of hydrogen-bond donors (Lipinski definition) is 3. The third-order valence-electron chi connectivity index (χ3n) is 2.11. The van der Waals surface area contributed by atoms with E-state index < -0.39 is 12.2 Å². The van der Waals surface area contributed by atoms with Crippen molar-refractivity contribution in [1.82, 2.24) is 5.32 Å². The van der Waals surface area contributed by atoms with Crippen LogP contribution in [0.3, 0.4) is 0 Å². The van der Waals surface area contributed by atoms with Gasteiger partial charge in [-0.3, -0.25) is 4.79 Å². The smallest absolute Gasteiger partial charge is 0.243 e. The van der Waals surface area contributed by atoms with Crippen molar-refractivity contribution in [3.8, 4) is 0 Å². The molecule has 0 aliphatic heterocycles. The molecule has 0 aromatic heterocycles. The van der Waals surface area contributed by atoms with Crippen molar-refractivity contribution in [2.24, 2.45) is 5.92 Å². The highest BCUT2D eigenvalue weighted by atomic mass is 16.3. The molecule has 0 heterocycles. The SMILES string of the molecule is CCCC(O)C(O)C=CC(=O)NCC(C)C. The molecule has 0 rings (SSSR count). The molecule has 0 radical (unpaired) electrons. The van der Waals surface area contributed by atoms with Crippen LogP contribution in [0.2, 0.25) is 0 Å². The van der Waals surface area contributed by atoms with Crippen LogP contribution in [-0.2, 0) is 4.79 Å². The summed E-state index contributed by atoms with van der Waals surface area (Å²) in [5.74, 6) is 0.157. The van der Waals surface area contributed by atoms with Crippen LogP contribution >= 0.6 is 0 Å². The largest absolute Gasteiger partial charge is 0.390 e. The Morgan fingerprint density at radius 1 is 1.38 bits per heavy atom. The number of aliphatic hydroxyl groups excluding tert-OH is 2. The number of rotatable bonds is 7. The Kier molecular flexibility index (Phi) is 7.85. The Hall–Kier alpha value is -0.870. The quantitative estimate of drug-likeness (QED) is 0.566. The van der Waals surface area contributed by atoms with Crippen LogP contribution in [0.4, 0.5) is 0 Å². The van der Waals surface area contributed by atoms with E-state index >= 15 is 0 Å². The number of hydrogen-bond acceptors (Lipinski definition) is 3. The topological polar surface area (TPSA) is 69.6 Å². The van der Waals surface area contributed by atoms with Gasteiger partial charge in [0, 0.05) is 12.6 Å². The molecular formula is C12H23NO3. The van der Waals surface area contributed by atoms with Gasteiger partial charge in [-0.1, -0.05) is 27.2 Å². The third kappa shape index (κ3) is 7.43. The van der Waals surface area contributed by atoms with Crippen molar-refractivity contribution in [2.75, 3.05) is 6.54 Å². The van der Waals surface area contributed by atoms with Crippen LogP contribution in [0, 0.1) is 5.92 Å².